The molecule has 0 aliphatic heterocycles. The van der Waals surface area contributed by atoms with Crippen molar-refractivity contribution in [2.24, 2.45) is 5.10 Å². The van der Waals surface area contributed by atoms with Gasteiger partial charge in [0, 0.05) is 5.69 Å². The van der Waals surface area contributed by atoms with Crippen LogP contribution in [0.3, 0.4) is 0 Å². The first kappa shape index (κ1) is 11.9. The molecular weight excluding hydrogens is 230 g/mol. The van der Waals surface area contributed by atoms with Crippen LogP contribution in [0.25, 0.3) is 0 Å². The van der Waals surface area contributed by atoms with E-state index < -0.39 is 0 Å². The Balaban J connectivity index is 1.73. The van der Waals surface area contributed by atoms with Crippen LogP contribution in [0, 0.1) is 0 Å². The number of rotatable bonds is 5. The average molecular weight is 243 g/mol. The van der Waals surface area contributed by atoms with Gasteiger partial charge in [0.2, 0.25) is 0 Å². The Morgan fingerprint density at radius 1 is 1.22 bits per heavy atom. The number of furan rings is 1. The van der Waals surface area contributed by atoms with Crippen LogP contribution in [0.15, 0.2) is 58.2 Å². The lowest BCUT2D eigenvalue weighted by Gasteiger charge is -2.04. The van der Waals surface area contributed by atoms with E-state index in [4.69, 9.17) is 4.42 Å². The third-order valence-corrected chi connectivity index (χ3v) is 2.15. The minimum atomic E-state index is -0.221. The van der Waals surface area contributed by atoms with Crippen molar-refractivity contribution >= 4 is 17.8 Å². The fourth-order valence-corrected chi connectivity index (χ4v) is 1.31. The van der Waals surface area contributed by atoms with Crippen LogP contribution in [0.5, 0.6) is 0 Å². The van der Waals surface area contributed by atoms with Gasteiger partial charge in [0.05, 0.1) is 19.0 Å². The Hall–Kier alpha value is -2.56. The van der Waals surface area contributed by atoms with Crippen LogP contribution in [-0.4, -0.2) is 18.7 Å². The number of para-hydroxylation sites is 1. The molecule has 1 heterocycles. The van der Waals surface area contributed by atoms with E-state index in [1.165, 1.54) is 6.21 Å². The molecule has 0 unspecified atom stereocenters. The molecule has 2 aromatic rings. The van der Waals surface area contributed by atoms with Gasteiger partial charge in [-0.2, -0.15) is 5.10 Å². The van der Waals surface area contributed by atoms with Gasteiger partial charge in [-0.05, 0) is 24.3 Å². The zero-order valence-electron chi connectivity index (χ0n) is 9.67. The number of hydrogen-bond donors (Lipinski definition) is 2. The van der Waals surface area contributed by atoms with Crippen LogP contribution in [0.4, 0.5) is 5.69 Å². The summed E-state index contributed by atoms with van der Waals surface area (Å²) in [6.45, 7) is 0.166. The maximum Gasteiger partial charge on any atom is 0.259 e. The summed E-state index contributed by atoms with van der Waals surface area (Å²) >= 11 is 0. The van der Waals surface area contributed by atoms with Crippen molar-refractivity contribution in [2.75, 3.05) is 11.9 Å². The van der Waals surface area contributed by atoms with Crippen LogP contribution in [0.2, 0.25) is 0 Å². The van der Waals surface area contributed by atoms with E-state index in [2.05, 4.69) is 15.8 Å². The second-order valence-electron chi connectivity index (χ2n) is 3.53. The molecule has 2 N–H and O–H groups in total. The summed E-state index contributed by atoms with van der Waals surface area (Å²) in [5.74, 6) is 0.368. The predicted octanol–water partition coefficient (Wildman–Crippen LogP) is 1.84. The van der Waals surface area contributed by atoms with E-state index in [1.54, 1.807) is 18.4 Å². The first-order chi connectivity index (χ1) is 8.84. The van der Waals surface area contributed by atoms with Crippen LogP contribution in [-0.2, 0) is 4.79 Å². The Morgan fingerprint density at radius 2 is 2.06 bits per heavy atom. The number of nitrogens with zero attached hydrogens (tertiary/aromatic N) is 1. The second kappa shape index (κ2) is 6.24. The Morgan fingerprint density at radius 3 is 2.78 bits per heavy atom. The van der Waals surface area contributed by atoms with Gasteiger partial charge in [0.25, 0.3) is 5.91 Å². The summed E-state index contributed by atoms with van der Waals surface area (Å²) in [6.07, 6.45) is 2.99. The summed E-state index contributed by atoms with van der Waals surface area (Å²) in [5.41, 5.74) is 3.29. The minimum absolute atomic E-state index is 0.166. The molecular formula is C13H13N3O2. The van der Waals surface area contributed by atoms with Gasteiger partial charge >= 0.3 is 0 Å². The van der Waals surface area contributed by atoms with E-state index in [-0.39, 0.29) is 12.5 Å². The number of carbonyl (C=O) groups excluding carboxylic acids is 1. The molecule has 1 aromatic carbocycles. The molecule has 2 rings (SSSR count). The molecule has 5 heteroatoms. The van der Waals surface area contributed by atoms with Crippen molar-refractivity contribution in [3.05, 3.63) is 54.5 Å². The van der Waals surface area contributed by atoms with Crippen LogP contribution < -0.4 is 10.7 Å². The van der Waals surface area contributed by atoms with E-state index >= 15 is 0 Å². The third kappa shape index (κ3) is 3.79. The van der Waals surface area contributed by atoms with Gasteiger partial charge in [-0.3, -0.25) is 4.79 Å². The molecule has 0 fully saturated rings. The lowest BCUT2D eigenvalue weighted by atomic mass is 10.3. The topological polar surface area (TPSA) is 66.6 Å². The number of anilines is 1. The van der Waals surface area contributed by atoms with Gasteiger partial charge in [-0.25, -0.2) is 5.43 Å². The minimum Gasteiger partial charge on any atom is -0.463 e. The zero-order chi connectivity index (χ0) is 12.6. The van der Waals surface area contributed by atoms with Gasteiger partial charge in [-0.1, -0.05) is 18.2 Å². The molecule has 1 aromatic heterocycles. The van der Waals surface area contributed by atoms with Crippen molar-refractivity contribution in [2.45, 2.75) is 0 Å². The molecule has 18 heavy (non-hydrogen) atoms. The standard InChI is InChI=1S/C13H13N3O2/c17-13(10-14-11-5-2-1-3-6-11)16-15-9-12-7-4-8-18-12/h1-9,14H,10H2,(H,16,17). The molecule has 0 atom stereocenters. The highest BCUT2D eigenvalue weighted by Gasteiger charge is 1.98. The normalized spacial score (nSPS) is 10.4. The lowest BCUT2D eigenvalue weighted by molar-refractivity contribution is -0.119. The highest BCUT2D eigenvalue weighted by molar-refractivity contribution is 5.82. The first-order valence-electron chi connectivity index (χ1n) is 5.49. The quantitative estimate of drug-likeness (QED) is 0.622. The van der Waals surface area contributed by atoms with Crippen LogP contribution >= 0.6 is 0 Å². The molecule has 1 amide bonds. The largest absolute Gasteiger partial charge is 0.463 e. The smallest absolute Gasteiger partial charge is 0.259 e. The molecule has 0 spiro atoms. The number of amides is 1. The summed E-state index contributed by atoms with van der Waals surface area (Å²) in [4.78, 5) is 11.4. The molecule has 0 aliphatic rings. The number of hydrazone groups is 1. The van der Waals surface area contributed by atoms with Crippen molar-refractivity contribution in [3.63, 3.8) is 0 Å². The Kier molecular flexibility index (Phi) is 4.13. The molecule has 5 nitrogen and oxygen atoms in total. The van der Waals surface area contributed by atoms with E-state index in [0.29, 0.717) is 5.76 Å². The van der Waals surface area contributed by atoms with E-state index in [1.807, 2.05) is 30.3 Å². The van der Waals surface area contributed by atoms with E-state index in [9.17, 15) is 4.79 Å². The number of carbonyl (C=O) groups is 1. The number of benzene rings is 1. The van der Waals surface area contributed by atoms with Crippen molar-refractivity contribution in [3.8, 4) is 0 Å². The Labute approximate surface area is 105 Å². The molecule has 0 saturated heterocycles. The summed E-state index contributed by atoms with van der Waals surface area (Å²) in [6, 6.07) is 13.0. The number of hydrogen-bond acceptors (Lipinski definition) is 4. The first-order valence-corrected chi connectivity index (χ1v) is 5.49. The SMILES string of the molecule is O=C(CNc1ccccc1)NN=Cc1ccco1. The van der Waals surface area contributed by atoms with Crippen molar-refractivity contribution < 1.29 is 9.21 Å². The van der Waals surface area contributed by atoms with Gasteiger partial charge < -0.3 is 9.73 Å². The third-order valence-electron chi connectivity index (χ3n) is 2.15. The Bertz CT molecular complexity index is 506. The van der Waals surface area contributed by atoms with Gasteiger partial charge in [0.1, 0.15) is 5.76 Å². The summed E-state index contributed by atoms with van der Waals surface area (Å²) < 4.78 is 5.03. The lowest BCUT2D eigenvalue weighted by Crippen LogP contribution is -2.25. The van der Waals surface area contributed by atoms with Gasteiger partial charge in [-0.15, -0.1) is 0 Å². The molecule has 0 bridgehead atoms. The zero-order valence-corrected chi connectivity index (χ0v) is 9.67. The summed E-state index contributed by atoms with van der Waals surface area (Å²) in [5, 5.41) is 6.75. The maximum atomic E-state index is 11.4. The predicted molar refractivity (Wildman–Crippen MR) is 69.4 cm³/mol. The monoisotopic (exact) mass is 243 g/mol. The highest BCUT2D eigenvalue weighted by atomic mass is 16.3. The van der Waals surface area contributed by atoms with E-state index in [0.717, 1.165) is 5.69 Å². The second-order valence-corrected chi connectivity index (χ2v) is 3.53. The fraction of sp³-hybridized carbons (Fsp3) is 0.0769. The number of nitrogens with one attached hydrogen (secondary N) is 2. The maximum absolute atomic E-state index is 11.4. The highest BCUT2D eigenvalue weighted by Crippen LogP contribution is 2.03. The van der Waals surface area contributed by atoms with Crippen LogP contribution in [0.1, 0.15) is 5.76 Å². The average Bonchev–Trinajstić information content (AvgIpc) is 2.91. The fourth-order valence-electron chi connectivity index (χ4n) is 1.31. The molecule has 0 aliphatic carbocycles. The summed E-state index contributed by atoms with van der Waals surface area (Å²) in [7, 11) is 0. The van der Waals surface area contributed by atoms with Crippen molar-refractivity contribution in [1.82, 2.24) is 5.43 Å². The molecule has 0 radical (unpaired) electrons. The van der Waals surface area contributed by atoms with Crippen molar-refractivity contribution in [1.29, 1.82) is 0 Å². The van der Waals surface area contributed by atoms with Gasteiger partial charge in [0.15, 0.2) is 0 Å². The molecule has 92 valence electrons. The molecule has 0 saturated carbocycles.